The van der Waals surface area contributed by atoms with Crippen molar-refractivity contribution in [3.05, 3.63) is 167 Å². The summed E-state index contributed by atoms with van der Waals surface area (Å²) in [4.78, 5) is 8.68. The van der Waals surface area contributed by atoms with Crippen LogP contribution in [0, 0.1) is 0 Å². The summed E-state index contributed by atoms with van der Waals surface area (Å²) in [6.07, 6.45) is 9.65. The van der Waals surface area contributed by atoms with Crippen molar-refractivity contribution in [1.82, 2.24) is 0 Å². The topological polar surface area (TPSA) is 9.72 Å². The van der Waals surface area contributed by atoms with Gasteiger partial charge in [0.1, 0.15) is 0 Å². The van der Waals surface area contributed by atoms with Crippen LogP contribution in [-0.2, 0) is 27.1 Å². The van der Waals surface area contributed by atoms with Gasteiger partial charge in [0.2, 0.25) is 0 Å². The van der Waals surface area contributed by atoms with E-state index in [1.54, 1.807) is 5.56 Å². The minimum Gasteiger partial charge on any atom is -0.335 e. The van der Waals surface area contributed by atoms with Crippen molar-refractivity contribution in [3.8, 4) is 22.3 Å². The Kier molecular flexibility index (Phi) is 10.4. The van der Waals surface area contributed by atoms with Gasteiger partial charge in [0, 0.05) is 59.7 Å². The standard InChI is InChI=1S/C72H78BN3S/c1-66(2,3)48-29-32-57(52(39-48)46-26-18-15-19-27-46)74-59-43-51(75-58-31-28-47(45-24-16-14-17-25-45)38-54(58)69(10)34-20-22-36-71(69,75)12)44-60-62(59)73(65-63(74)53-40-49(67(4,5)6)30-33-61(53)77-65)56-42-50(68(7,8)9)41-55-64(56)76(60)72(13)37-23-21-35-70(55,72)11/h14-19,24-33,38-44H,20-23,34-37H2,1-13H3. The Labute approximate surface area is 464 Å². The van der Waals surface area contributed by atoms with Crippen LogP contribution in [0.5, 0.6) is 0 Å². The molecule has 7 aromatic carbocycles. The molecule has 0 saturated heterocycles. The molecule has 390 valence electrons. The number of rotatable bonds is 4. The Balaban J connectivity index is 1.15. The van der Waals surface area contributed by atoms with E-state index < -0.39 is 0 Å². The first kappa shape index (κ1) is 49.3. The maximum absolute atomic E-state index is 2.98. The maximum atomic E-state index is 2.98. The molecule has 0 amide bonds. The van der Waals surface area contributed by atoms with Crippen molar-refractivity contribution in [2.24, 2.45) is 0 Å². The summed E-state index contributed by atoms with van der Waals surface area (Å²) in [6.45, 7) is 32.2. The molecule has 4 atom stereocenters. The number of nitrogens with zero attached hydrogens (tertiary/aromatic N) is 3. The number of benzene rings is 7. The second-order valence-corrected chi connectivity index (χ2v) is 29.5. The summed E-state index contributed by atoms with van der Waals surface area (Å²) < 4.78 is 2.83. The van der Waals surface area contributed by atoms with E-state index in [0.29, 0.717) is 0 Å². The molecular formula is C72H78BN3S. The number of fused-ring (bicyclic) bond motifs is 12. The van der Waals surface area contributed by atoms with Gasteiger partial charge in [-0.3, -0.25) is 0 Å². The van der Waals surface area contributed by atoms with E-state index in [1.807, 2.05) is 0 Å². The molecule has 6 aliphatic rings. The Morgan fingerprint density at radius 2 is 1.03 bits per heavy atom. The summed E-state index contributed by atoms with van der Waals surface area (Å²) in [7, 11) is 0. The summed E-state index contributed by atoms with van der Waals surface area (Å²) >= 11 is 2.06. The van der Waals surface area contributed by atoms with Crippen LogP contribution in [0.2, 0.25) is 0 Å². The van der Waals surface area contributed by atoms with Gasteiger partial charge >= 0.3 is 0 Å². The van der Waals surface area contributed by atoms with Crippen molar-refractivity contribution in [3.63, 3.8) is 0 Å². The zero-order chi connectivity index (χ0) is 53.6. The molecule has 2 saturated carbocycles. The first-order valence-corrected chi connectivity index (χ1v) is 30.1. The number of anilines is 7. The smallest absolute Gasteiger partial charge is 0.264 e. The van der Waals surface area contributed by atoms with Crippen LogP contribution in [0.3, 0.4) is 0 Å². The monoisotopic (exact) mass is 1030 g/mol. The summed E-state index contributed by atoms with van der Waals surface area (Å²) in [5.41, 5.74) is 24.5. The summed E-state index contributed by atoms with van der Waals surface area (Å²) in [5.74, 6) is 0. The molecule has 4 aliphatic heterocycles. The van der Waals surface area contributed by atoms with E-state index in [4.69, 9.17) is 0 Å². The minimum absolute atomic E-state index is 0.0235. The third kappa shape index (κ3) is 6.74. The molecule has 77 heavy (non-hydrogen) atoms. The van der Waals surface area contributed by atoms with Crippen LogP contribution in [0.4, 0.5) is 39.8 Å². The molecule has 0 N–H and O–H groups in total. The van der Waals surface area contributed by atoms with Gasteiger partial charge in [0.25, 0.3) is 6.71 Å². The molecule has 0 spiro atoms. The van der Waals surface area contributed by atoms with Gasteiger partial charge in [-0.15, -0.1) is 11.3 Å². The van der Waals surface area contributed by atoms with E-state index in [2.05, 4.69) is 256 Å². The third-order valence-electron chi connectivity index (χ3n) is 21.0. The van der Waals surface area contributed by atoms with Crippen LogP contribution in [0.1, 0.15) is 169 Å². The van der Waals surface area contributed by atoms with E-state index in [0.717, 1.165) is 12.8 Å². The lowest BCUT2D eigenvalue weighted by Crippen LogP contribution is -2.64. The van der Waals surface area contributed by atoms with Gasteiger partial charge in [-0.05, 0) is 160 Å². The van der Waals surface area contributed by atoms with Gasteiger partial charge < -0.3 is 14.7 Å². The molecule has 5 heterocycles. The predicted octanol–water partition coefficient (Wildman–Crippen LogP) is 18.2. The van der Waals surface area contributed by atoms with Crippen molar-refractivity contribution in [2.75, 3.05) is 14.7 Å². The minimum atomic E-state index is -0.151. The molecule has 3 nitrogen and oxygen atoms in total. The molecule has 1 aromatic heterocycles. The molecule has 4 unspecified atom stereocenters. The van der Waals surface area contributed by atoms with Gasteiger partial charge in [-0.1, -0.05) is 193 Å². The Bertz CT molecular complexity index is 3760. The fraction of sp³-hybridized carbons (Fsp3) is 0.389. The number of thiophene rings is 1. The third-order valence-corrected chi connectivity index (χ3v) is 22.2. The van der Waals surface area contributed by atoms with Crippen molar-refractivity contribution in [1.29, 1.82) is 0 Å². The van der Waals surface area contributed by atoms with Gasteiger partial charge in [-0.25, -0.2) is 0 Å². The fourth-order valence-corrected chi connectivity index (χ4v) is 17.4. The SMILES string of the molecule is CC(C)(C)c1ccc(N2c3cc(N4c5ccc(-c6ccccc6)cc5C5(C)CCCCC45C)cc4c3B(c3cc(C(C)(C)C)cc5c3N4C3(C)CCCCC53C)c3sc4ccc(C(C)(C)C)cc4c32)c(-c2ccccc2)c1. The molecule has 0 bridgehead atoms. The average molecular weight is 1030 g/mol. The Morgan fingerprint density at radius 1 is 0.455 bits per heavy atom. The van der Waals surface area contributed by atoms with E-state index in [1.165, 1.54) is 149 Å². The molecular weight excluding hydrogens is 950 g/mol. The number of hydrogen-bond acceptors (Lipinski definition) is 4. The lowest BCUT2D eigenvalue weighted by Gasteiger charge is -2.53. The highest BCUT2D eigenvalue weighted by Crippen LogP contribution is 2.66. The highest BCUT2D eigenvalue weighted by atomic mass is 32.1. The molecule has 8 aromatic rings. The lowest BCUT2D eigenvalue weighted by molar-refractivity contribution is 0.194. The zero-order valence-electron chi connectivity index (χ0n) is 48.3. The van der Waals surface area contributed by atoms with E-state index in [-0.39, 0.29) is 44.9 Å². The molecule has 14 rings (SSSR count). The molecule has 2 aliphatic carbocycles. The average Bonchev–Trinajstić information content (AvgIpc) is 3.56. The van der Waals surface area contributed by atoms with Gasteiger partial charge in [0.15, 0.2) is 0 Å². The highest BCUT2D eigenvalue weighted by Gasteiger charge is 2.63. The van der Waals surface area contributed by atoms with E-state index >= 15 is 0 Å². The van der Waals surface area contributed by atoms with Crippen LogP contribution in [0.15, 0.2) is 140 Å². The Morgan fingerprint density at radius 3 is 1.69 bits per heavy atom. The normalized spacial score (nSPS) is 24.1. The summed E-state index contributed by atoms with van der Waals surface area (Å²) in [6, 6.07) is 55.7. The lowest BCUT2D eigenvalue weighted by atomic mass is 9.36. The van der Waals surface area contributed by atoms with Gasteiger partial charge in [0.05, 0.1) is 22.5 Å². The predicted molar refractivity (Wildman–Crippen MR) is 334 cm³/mol. The van der Waals surface area contributed by atoms with Crippen molar-refractivity contribution < 1.29 is 0 Å². The Hall–Kier alpha value is -6.04. The van der Waals surface area contributed by atoms with Crippen LogP contribution in [-0.4, -0.2) is 17.8 Å². The first-order chi connectivity index (χ1) is 36.5. The molecule has 2 fully saturated rings. The van der Waals surface area contributed by atoms with E-state index in [9.17, 15) is 0 Å². The second kappa shape index (κ2) is 16.3. The van der Waals surface area contributed by atoms with Gasteiger partial charge in [-0.2, -0.15) is 0 Å². The zero-order valence-corrected chi connectivity index (χ0v) is 49.1. The highest BCUT2D eigenvalue weighted by molar-refractivity contribution is 7.33. The van der Waals surface area contributed by atoms with Crippen molar-refractivity contribution >= 4 is 83.6 Å². The number of hydrogen-bond donors (Lipinski definition) is 0. The quantitative estimate of drug-likeness (QED) is 0.163. The molecule has 0 radical (unpaired) electrons. The first-order valence-electron chi connectivity index (χ1n) is 29.3. The largest absolute Gasteiger partial charge is 0.335 e. The molecule has 5 heteroatoms. The fourth-order valence-electron chi connectivity index (χ4n) is 16.1. The summed E-state index contributed by atoms with van der Waals surface area (Å²) in [5, 5.41) is 1.36. The second-order valence-electron chi connectivity index (χ2n) is 28.4. The van der Waals surface area contributed by atoms with Crippen LogP contribution in [0.25, 0.3) is 32.3 Å². The van der Waals surface area contributed by atoms with Crippen molar-refractivity contribution in [2.45, 2.75) is 180 Å². The maximum Gasteiger partial charge on any atom is 0.264 e. The van der Waals surface area contributed by atoms with Crippen LogP contribution < -0.4 is 30.4 Å². The van der Waals surface area contributed by atoms with Crippen LogP contribution >= 0.6 is 11.3 Å².